The Morgan fingerprint density at radius 3 is 2.68 bits per heavy atom. The molecule has 0 saturated carbocycles. The summed E-state index contributed by atoms with van der Waals surface area (Å²) in [5.74, 6) is -0.0820. The number of hydrogen-bond acceptors (Lipinski definition) is 4. The van der Waals surface area contributed by atoms with Gasteiger partial charge in [-0.25, -0.2) is 4.79 Å². The van der Waals surface area contributed by atoms with Crippen molar-refractivity contribution >= 4 is 22.5 Å². The molecule has 1 saturated heterocycles. The third-order valence-electron chi connectivity index (χ3n) is 5.07. The molecule has 0 amide bonds. The van der Waals surface area contributed by atoms with E-state index in [4.69, 9.17) is 4.74 Å². The number of carbonyl (C=O) groups excluding carboxylic acids is 2. The number of rotatable bonds is 5. The highest BCUT2D eigenvalue weighted by molar-refractivity contribution is 5.97. The van der Waals surface area contributed by atoms with Crippen LogP contribution >= 0.6 is 0 Å². The van der Waals surface area contributed by atoms with Crippen molar-refractivity contribution in [1.29, 1.82) is 0 Å². The molecule has 0 spiro atoms. The Kier molecular flexibility index (Phi) is 5.19. The third-order valence-corrected chi connectivity index (χ3v) is 5.07. The standard InChI is InChI=1S/C21H25NO3/c1-4-20(23)19-12-17(13-22(19)5-2)25-21(24)16-10-14(3)18-9-7-6-8-15(18)11-16/h6-11,17,19H,4-5,12-13H2,1-3H3. The minimum Gasteiger partial charge on any atom is -0.457 e. The molecular weight excluding hydrogens is 314 g/mol. The van der Waals surface area contributed by atoms with Crippen molar-refractivity contribution in [3.63, 3.8) is 0 Å². The monoisotopic (exact) mass is 339 g/mol. The summed E-state index contributed by atoms with van der Waals surface area (Å²) in [5.41, 5.74) is 1.63. The maximum Gasteiger partial charge on any atom is 0.338 e. The van der Waals surface area contributed by atoms with E-state index in [1.54, 1.807) is 0 Å². The number of benzene rings is 2. The van der Waals surface area contributed by atoms with Crippen LogP contribution in [-0.2, 0) is 9.53 Å². The van der Waals surface area contributed by atoms with E-state index in [-0.39, 0.29) is 23.9 Å². The highest BCUT2D eigenvalue weighted by atomic mass is 16.5. The van der Waals surface area contributed by atoms with Crippen molar-refractivity contribution in [2.75, 3.05) is 13.1 Å². The molecule has 0 aromatic heterocycles. The Labute approximate surface area is 148 Å². The minimum absolute atomic E-state index is 0.119. The molecule has 2 aromatic rings. The number of nitrogens with zero attached hydrogens (tertiary/aromatic N) is 1. The Hall–Kier alpha value is -2.20. The summed E-state index contributed by atoms with van der Waals surface area (Å²) >= 11 is 0. The molecule has 4 heteroatoms. The lowest BCUT2D eigenvalue weighted by Crippen LogP contribution is -2.35. The second-order valence-electron chi connectivity index (χ2n) is 6.70. The van der Waals surface area contributed by atoms with Gasteiger partial charge in [0.1, 0.15) is 11.9 Å². The molecule has 3 rings (SSSR count). The van der Waals surface area contributed by atoms with Gasteiger partial charge in [0.15, 0.2) is 0 Å². The number of aryl methyl sites for hydroxylation is 1. The van der Waals surface area contributed by atoms with Crippen LogP contribution in [0.3, 0.4) is 0 Å². The van der Waals surface area contributed by atoms with Crippen LogP contribution in [0.5, 0.6) is 0 Å². The number of likely N-dealkylation sites (tertiary alicyclic amines) is 1. The lowest BCUT2D eigenvalue weighted by molar-refractivity contribution is -0.123. The number of carbonyl (C=O) groups is 2. The predicted molar refractivity (Wildman–Crippen MR) is 98.8 cm³/mol. The van der Waals surface area contributed by atoms with Crippen LogP contribution in [-0.4, -0.2) is 41.9 Å². The number of fused-ring (bicyclic) bond motifs is 1. The van der Waals surface area contributed by atoms with E-state index in [1.807, 2.05) is 51.1 Å². The number of ketones is 1. The molecule has 2 atom stereocenters. The van der Waals surface area contributed by atoms with Gasteiger partial charge in [-0.15, -0.1) is 0 Å². The number of Topliss-reactive ketones (excluding diaryl/α,β-unsaturated/α-hetero) is 1. The van der Waals surface area contributed by atoms with Crippen molar-refractivity contribution < 1.29 is 14.3 Å². The molecular formula is C21H25NO3. The average molecular weight is 339 g/mol. The molecule has 1 fully saturated rings. The quantitative estimate of drug-likeness (QED) is 0.779. The molecule has 25 heavy (non-hydrogen) atoms. The molecule has 2 unspecified atom stereocenters. The third kappa shape index (κ3) is 3.59. The predicted octanol–water partition coefficient (Wildman–Crippen LogP) is 3.75. The zero-order chi connectivity index (χ0) is 18.0. The van der Waals surface area contributed by atoms with Gasteiger partial charge in [0.05, 0.1) is 11.6 Å². The number of likely N-dealkylation sites (N-methyl/N-ethyl adjacent to an activating group) is 1. The van der Waals surface area contributed by atoms with E-state index in [0.29, 0.717) is 24.9 Å². The van der Waals surface area contributed by atoms with E-state index < -0.39 is 0 Å². The van der Waals surface area contributed by atoms with Gasteiger partial charge in [-0.2, -0.15) is 0 Å². The van der Waals surface area contributed by atoms with E-state index in [2.05, 4.69) is 11.0 Å². The first-order valence-electron chi connectivity index (χ1n) is 9.00. The van der Waals surface area contributed by atoms with Crippen LogP contribution < -0.4 is 0 Å². The van der Waals surface area contributed by atoms with Crippen LogP contribution in [0.1, 0.15) is 42.6 Å². The molecule has 2 aromatic carbocycles. The summed E-state index contributed by atoms with van der Waals surface area (Å²) in [6.45, 7) is 7.34. The molecule has 1 heterocycles. The van der Waals surface area contributed by atoms with Crippen molar-refractivity contribution in [1.82, 2.24) is 4.90 Å². The Morgan fingerprint density at radius 2 is 1.96 bits per heavy atom. The summed E-state index contributed by atoms with van der Waals surface area (Å²) < 4.78 is 5.73. The molecule has 0 N–H and O–H groups in total. The van der Waals surface area contributed by atoms with Crippen LogP contribution in [0.25, 0.3) is 10.8 Å². The van der Waals surface area contributed by atoms with Gasteiger partial charge < -0.3 is 4.74 Å². The van der Waals surface area contributed by atoms with E-state index in [0.717, 1.165) is 22.9 Å². The first kappa shape index (κ1) is 17.6. The normalized spacial score (nSPS) is 20.8. The smallest absolute Gasteiger partial charge is 0.338 e. The number of hydrogen-bond donors (Lipinski definition) is 0. The van der Waals surface area contributed by atoms with Gasteiger partial charge in [-0.1, -0.05) is 38.1 Å². The van der Waals surface area contributed by atoms with Gasteiger partial charge >= 0.3 is 5.97 Å². The molecule has 0 bridgehead atoms. The first-order valence-corrected chi connectivity index (χ1v) is 9.00. The summed E-state index contributed by atoms with van der Waals surface area (Å²) in [7, 11) is 0. The van der Waals surface area contributed by atoms with Gasteiger partial charge in [-0.05, 0) is 41.9 Å². The Balaban J connectivity index is 1.75. The molecule has 0 aliphatic carbocycles. The summed E-state index contributed by atoms with van der Waals surface area (Å²) in [5, 5.41) is 2.18. The summed E-state index contributed by atoms with van der Waals surface area (Å²) in [6.07, 6.45) is 0.893. The highest BCUT2D eigenvalue weighted by Gasteiger charge is 2.36. The minimum atomic E-state index is -0.306. The fourth-order valence-electron chi connectivity index (χ4n) is 3.71. The SMILES string of the molecule is CCC(=O)C1CC(OC(=O)c2cc(C)c3ccccc3c2)CN1CC. The fourth-order valence-corrected chi connectivity index (χ4v) is 3.71. The summed E-state index contributed by atoms with van der Waals surface area (Å²) in [6, 6.07) is 11.7. The maximum atomic E-state index is 12.6. The van der Waals surface area contributed by atoms with Gasteiger partial charge in [-0.3, -0.25) is 9.69 Å². The van der Waals surface area contributed by atoms with Gasteiger partial charge in [0, 0.05) is 19.4 Å². The average Bonchev–Trinajstić information content (AvgIpc) is 3.03. The zero-order valence-electron chi connectivity index (χ0n) is 15.1. The molecule has 1 aliphatic rings. The fraction of sp³-hybridized carbons (Fsp3) is 0.429. The van der Waals surface area contributed by atoms with Gasteiger partial charge in [0.25, 0.3) is 0 Å². The van der Waals surface area contributed by atoms with E-state index in [1.165, 1.54) is 0 Å². The van der Waals surface area contributed by atoms with Crippen molar-refractivity contribution in [2.45, 2.75) is 45.8 Å². The van der Waals surface area contributed by atoms with E-state index >= 15 is 0 Å². The molecule has 0 radical (unpaired) electrons. The van der Waals surface area contributed by atoms with Crippen LogP contribution in [0.2, 0.25) is 0 Å². The Bertz CT molecular complexity index is 799. The number of ether oxygens (including phenoxy) is 1. The highest BCUT2D eigenvalue weighted by Crippen LogP contribution is 2.25. The topological polar surface area (TPSA) is 46.6 Å². The second-order valence-corrected chi connectivity index (χ2v) is 6.70. The van der Waals surface area contributed by atoms with Crippen molar-refractivity contribution in [3.8, 4) is 0 Å². The van der Waals surface area contributed by atoms with Gasteiger partial charge in [0.2, 0.25) is 0 Å². The second kappa shape index (κ2) is 7.36. The first-order chi connectivity index (χ1) is 12.0. The van der Waals surface area contributed by atoms with Crippen LogP contribution in [0.15, 0.2) is 36.4 Å². The maximum absolute atomic E-state index is 12.6. The largest absolute Gasteiger partial charge is 0.457 e. The van der Waals surface area contributed by atoms with Crippen LogP contribution in [0.4, 0.5) is 0 Å². The lowest BCUT2D eigenvalue weighted by atomic mass is 10.0. The number of esters is 1. The Morgan fingerprint density at radius 1 is 1.20 bits per heavy atom. The molecule has 4 nitrogen and oxygen atoms in total. The van der Waals surface area contributed by atoms with E-state index in [9.17, 15) is 9.59 Å². The zero-order valence-corrected chi connectivity index (χ0v) is 15.1. The van der Waals surface area contributed by atoms with Crippen molar-refractivity contribution in [2.24, 2.45) is 0 Å². The lowest BCUT2D eigenvalue weighted by Gasteiger charge is -2.19. The molecule has 132 valence electrons. The van der Waals surface area contributed by atoms with Crippen LogP contribution in [0, 0.1) is 6.92 Å². The summed E-state index contributed by atoms with van der Waals surface area (Å²) in [4.78, 5) is 26.8. The molecule has 1 aliphatic heterocycles. The van der Waals surface area contributed by atoms with Crippen molar-refractivity contribution in [3.05, 3.63) is 47.5 Å².